The molecule has 0 aliphatic carbocycles. The number of nitrogens with zero attached hydrogens (tertiary/aromatic N) is 13. The van der Waals surface area contributed by atoms with Crippen LogP contribution in [-0.2, 0) is 90.4 Å². The number of nitriles is 1. The van der Waals surface area contributed by atoms with Crippen LogP contribution in [0.1, 0.15) is 75.9 Å². The number of carboxylic acids is 4. The fourth-order valence-corrected chi connectivity index (χ4v) is 9.94. The Morgan fingerprint density at radius 1 is 0.345 bits per heavy atom. The number of hydrogen-bond donors (Lipinski definition) is 4. The molecule has 4 N–H and O–H groups in total. The van der Waals surface area contributed by atoms with Gasteiger partial charge in [-0.15, -0.1) is 131 Å². The van der Waals surface area contributed by atoms with Gasteiger partial charge in [-0.25, -0.2) is 44.4 Å². The van der Waals surface area contributed by atoms with Crippen LogP contribution in [0.25, 0.3) is 89.2 Å². The summed E-state index contributed by atoms with van der Waals surface area (Å²) in [4.78, 5) is 91.2. The van der Waals surface area contributed by atoms with Gasteiger partial charge in [0.15, 0.2) is 0 Å². The van der Waals surface area contributed by atoms with E-state index in [1.54, 1.807) is 79.7 Å². The summed E-state index contributed by atoms with van der Waals surface area (Å²) < 4.78 is 50.6. The second-order valence-electron chi connectivity index (χ2n) is 23.1. The molecule has 116 heavy (non-hydrogen) atoms. The fraction of sp³-hybridized carbons (Fsp3) is 0.0581. The summed E-state index contributed by atoms with van der Waals surface area (Å²) in [7, 11) is 0. The van der Waals surface area contributed by atoms with Gasteiger partial charge in [0.2, 0.25) is 0 Å². The van der Waals surface area contributed by atoms with Gasteiger partial charge in [-0.3, -0.25) is 44.3 Å². The summed E-state index contributed by atoms with van der Waals surface area (Å²) in [5.41, 5.74) is 16.1. The van der Waals surface area contributed by atoms with Crippen molar-refractivity contribution in [1.82, 2.24) is 59.8 Å². The molecule has 8 aromatic heterocycles. The monoisotopic (exact) mass is 2290 g/mol. The van der Waals surface area contributed by atoms with E-state index < -0.39 is 35.6 Å². The van der Waals surface area contributed by atoms with Gasteiger partial charge >= 0.3 is 30.1 Å². The van der Waals surface area contributed by atoms with E-state index in [1.807, 2.05) is 136 Å². The number of halogens is 5. The number of pyridine rings is 4. The summed E-state index contributed by atoms with van der Waals surface area (Å²) in [6, 6.07) is 82.0. The molecule has 0 saturated heterocycles. The Kier molecular flexibility index (Phi) is 38.2. The van der Waals surface area contributed by atoms with Crippen LogP contribution in [0.3, 0.4) is 0 Å². The molecule has 16 rings (SSSR count). The summed E-state index contributed by atoms with van der Waals surface area (Å²) >= 11 is 5.87. The summed E-state index contributed by atoms with van der Waals surface area (Å²) in [5.74, 6) is -4.26. The Morgan fingerprint density at radius 2 is 0.603 bits per heavy atom. The first-order valence-electron chi connectivity index (χ1n) is 33.3. The van der Waals surface area contributed by atoms with Gasteiger partial charge in [0.1, 0.15) is 22.8 Å². The number of hydrogen-bond acceptors (Lipinski definition) is 17. The number of aromatic nitrogens is 12. The van der Waals surface area contributed by atoms with Crippen LogP contribution in [0.4, 0.5) is 17.6 Å². The predicted octanol–water partition coefficient (Wildman–Crippen LogP) is 18.4. The summed E-state index contributed by atoms with van der Waals surface area (Å²) in [6.45, 7) is 7.56. The maximum atomic E-state index is 12.9. The number of carboxylic acid groups (broad SMARTS) is 4. The maximum absolute atomic E-state index is 12.9. The Bertz CT molecular complexity index is 5610. The Balaban J connectivity index is 0.000000241. The van der Waals surface area contributed by atoms with Crippen LogP contribution in [0.2, 0.25) is 5.02 Å². The van der Waals surface area contributed by atoms with E-state index in [0.29, 0.717) is 33.1 Å². The van der Waals surface area contributed by atoms with Gasteiger partial charge in [-0.1, -0.05) is 72.8 Å². The molecule has 0 unspecified atom stereocenters. The molecule has 16 aromatic rings. The quantitative estimate of drug-likeness (QED) is 0.0811. The van der Waals surface area contributed by atoms with Crippen molar-refractivity contribution in [2.75, 3.05) is 0 Å². The van der Waals surface area contributed by atoms with Crippen molar-refractivity contribution in [3.05, 3.63) is 359 Å². The van der Waals surface area contributed by atoms with Crippen molar-refractivity contribution in [2.45, 2.75) is 33.9 Å². The van der Waals surface area contributed by atoms with Crippen LogP contribution in [-0.4, -0.2) is 104 Å². The molecule has 8 aromatic carbocycles. The second-order valence-corrected chi connectivity index (χ2v) is 23.5. The Labute approximate surface area is 724 Å². The van der Waals surface area contributed by atoms with Gasteiger partial charge < -0.3 is 20.4 Å². The first-order valence-corrected chi connectivity index (χ1v) is 33.7. The number of benzene rings is 8. The third kappa shape index (κ3) is 28.1. The van der Waals surface area contributed by atoms with Crippen molar-refractivity contribution in [1.29, 1.82) is 5.26 Å². The first-order chi connectivity index (χ1) is 53.9. The third-order valence-electron chi connectivity index (χ3n) is 15.2. The Morgan fingerprint density at radius 3 is 0.810 bits per heavy atom. The van der Waals surface area contributed by atoms with Gasteiger partial charge in [0, 0.05) is 166 Å². The zero-order valence-corrected chi connectivity index (χ0v) is 70.6. The minimum atomic E-state index is -4.36. The molecule has 0 aliphatic heterocycles. The standard InChI is InChI=1S/C16H10F3N2.C16H10N3.C15H10ClN2.C15H10FN2.4C6H5NO2.4Pt/c1-10-15(21-14-5-3-2-4-13(14)20-10)11-6-8-12(9-7-11)16(17,18)19;1-11-16(13-8-6-12(10-17)7-9-13)19-15-5-3-2-4-14(15)18-11;2*1-10-15(11-6-8-12(16)9-7-11)18-14-5-3-2-4-13(14)17-10;4*8-6(9)5-3-1-2-4-7-5;;;;/h2-6,8-9H,1H3;2-8H,1H3;2*2-6,8-9H,1H3;4*1-4H,(H,8,9);;;;/q4*-1;;;;;;;;. The zero-order valence-electron chi connectivity index (χ0n) is 60.8. The third-order valence-corrected chi connectivity index (χ3v) is 15.4. The van der Waals surface area contributed by atoms with E-state index >= 15 is 0 Å². The molecule has 0 bridgehead atoms. The van der Waals surface area contributed by atoms with Gasteiger partial charge in [0.25, 0.3) is 0 Å². The summed E-state index contributed by atoms with van der Waals surface area (Å²) in [6.07, 6.45) is 1.43. The minimum Gasteiger partial charge on any atom is -0.477 e. The van der Waals surface area contributed by atoms with Crippen LogP contribution in [0.5, 0.6) is 0 Å². The van der Waals surface area contributed by atoms with E-state index in [4.69, 9.17) is 37.3 Å². The van der Waals surface area contributed by atoms with Crippen LogP contribution >= 0.6 is 11.6 Å². The number of fused-ring (bicyclic) bond motifs is 4. The molecule has 0 aliphatic rings. The molecule has 0 amide bonds. The van der Waals surface area contributed by atoms with Crippen LogP contribution in [0.15, 0.2) is 267 Å². The van der Waals surface area contributed by atoms with E-state index in [9.17, 15) is 36.7 Å². The van der Waals surface area contributed by atoms with Crippen molar-refractivity contribution in [2.24, 2.45) is 0 Å². The maximum Gasteiger partial charge on any atom is 0.381 e. The van der Waals surface area contributed by atoms with Gasteiger partial charge in [-0.05, 0) is 141 Å². The number of alkyl halides is 3. The number of aryl methyl sites for hydroxylation is 4. The topological polar surface area (TPSA) is 328 Å². The molecule has 0 atom stereocenters. The number of aromatic carboxylic acids is 4. The molecule has 0 saturated carbocycles. The molecule has 596 valence electrons. The van der Waals surface area contributed by atoms with E-state index in [1.165, 1.54) is 67.3 Å². The normalized spacial score (nSPS) is 9.93. The van der Waals surface area contributed by atoms with E-state index in [0.717, 1.165) is 102 Å². The largest absolute Gasteiger partial charge is 0.477 e. The average molecular weight is 2300 g/mol. The molecule has 0 fully saturated rings. The number of rotatable bonds is 8. The molecule has 0 radical (unpaired) electrons. The SMILES string of the molecule is Cc1nc2ccccc2nc1-c1[c-]cc(C#N)cc1.Cc1nc2ccccc2nc1-c1[c-]cc(C(F)(F)F)cc1.Cc1nc2ccccc2nc1-c1[c-]cc(Cl)cc1.Cc1nc2ccccc2nc1-c1[c-]cc(F)cc1.O=C(O)c1ccccn1.O=C(O)c1ccccn1.O=C(O)c1ccccn1.O=C(O)c1ccccn1.[Pt].[Pt].[Pt].[Pt]. The molecule has 30 heteroatoms. The number of carbonyl (C=O) groups is 4. The van der Waals surface area contributed by atoms with E-state index in [-0.39, 0.29) is 113 Å². The molecule has 8 heterocycles. The van der Waals surface area contributed by atoms with Gasteiger partial charge in [0.05, 0.1) is 44.1 Å². The predicted molar refractivity (Wildman–Crippen MR) is 414 cm³/mol. The van der Waals surface area contributed by atoms with E-state index in [2.05, 4.69) is 90.1 Å². The minimum absolute atomic E-state index is 0. The summed E-state index contributed by atoms with van der Waals surface area (Å²) in [5, 5.41) is 42.8. The smallest absolute Gasteiger partial charge is 0.381 e. The van der Waals surface area contributed by atoms with Crippen molar-refractivity contribution in [3.63, 3.8) is 0 Å². The van der Waals surface area contributed by atoms with Crippen LogP contribution in [0, 0.1) is 69.1 Å². The van der Waals surface area contributed by atoms with Crippen molar-refractivity contribution < 1.29 is 141 Å². The molecular formula is C86H60ClF4N13O8Pt4-4. The van der Waals surface area contributed by atoms with Gasteiger partial charge in [-0.2, -0.15) is 13.2 Å². The molecule has 0 spiro atoms. The zero-order chi connectivity index (χ0) is 80.1. The first kappa shape index (κ1) is 94.4. The van der Waals surface area contributed by atoms with Crippen molar-refractivity contribution >= 4 is 79.6 Å². The molecule has 21 nitrogen and oxygen atoms in total. The Hall–Kier alpha value is -12.1. The second kappa shape index (κ2) is 46.9. The number of para-hydroxylation sites is 8. The van der Waals surface area contributed by atoms with Crippen molar-refractivity contribution in [3.8, 4) is 51.1 Å². The van der Waals surface area contributed by atoms with Crippen LogP contribution < -0.4 is 0 Å². The molecular weight excluding hydrogens is 2230 g/mol. The fourth-order valence-electron chi connectivity index (χ4n) is 9.83. The average Bonchev–Trinajstić information content (AvgIpc) is 0.816.